The van der Waals surface area contributed by atoms with Gasteiger partial charge in [-0.05, 0) is 29.5 Å². The Labute approximate surface area is 67.8 Å². The molecule has 0 aromatic rings. The summed E-state index contributed by atoms with van der Waals surface area (Å²) in [5.41, 5.74) is 5.87. The average molecular weight is 240 g/mol. The van der Waals surface area contributed by atoms with Crippen LogP contribution in [0.4, 0.5) is 0 Å². The largest absolute Gasteiger partial charge is 0.401 e. The topological polar surface area (TPSA) is 55.1 Å². The van der Waals surface area contributed by atoms with Gasteiger partial charge < -0.3 is 11.1 Å². The molecule has 9 heavy (non-hydrogen) atoms. The Bertz CT molecular complexity index is 149. The summed E-state index contributed by atoms with van der Waals surface area (Å²) in [6, 6.07) is 0. The summed E-state index contributed by atoms with van der Waals surface area (Å²) in [7, 11) is 1.57. The van der Waals surface area contributed by atoms with E-state index in [0.29, 0.717) is 9.28 Å². The average Bonchev–Trinajstić information content (AvgIpc) is 1.84. The highest BCUT2D eigenvalue weighted by Gasteiger charge is 2.03. The van der Waals surface area contributed by atoms with E-state index in [4.69, 9.17) is 5.73 Å². The van der Waals surface area contributed by atoms with Crippen molar-refractivity contribution in [2.75, 3.05) is 7.05 Å². The van der Waals surface area contributed by atoms with E-state index < -0.39 is 0 Å². The van der Waals surface area contributed by atoms with Crippen molar-refractivity contribution in [3.8, 4) is 0 Å². The van der Waals surface area contributed by atoms with E-state index in [1.54, 1.807) is 14.0 Å². The molecule has 0 rings (SSSR count). The third-order valence-corrected chi connectivity index (χ3v) is 2.11. The van der Waals surface area contributed by atoms with Crippen LogP contribution < -0.4 is 11.1 Å². The van der Waals surface area contributed by atoms with Crippen molar-refractivity contribution in [1.82, 2.24) is 5.32 Å². The van der Waals surface area contributed by atoms with Gasteiger partial charge in [-0.3, -0.25) is 4.79 Å². The van der Waals surface area contributed by atoms with Gasteiger partial charge in [0.1, 0.15) is 0 Å². The summed E-state index contributed by atoms with van der Waals surface area (Å²) in [4.78, 5) is 10.7. The Morgan fingerprint density at radius 3 is 2.22 bits per heavy atom. The molecule has 0 spiro atoms. The van der Waals surface area contributed by atoms with Crippen molar-refractivity contribution >= 4 is 28.5 Å². The molecule has 3 nitrogen and oxygen atoms in total. The first-order valence-electron chi connectivity index (χ1n) is 2.43. The lowest BCUT2D eigenvalue weighted by Crippen LogP contribution is -2.19. The maximum Gasteiger partial charge on any atom is 0.258 e. The molecule has 0 aliphatic heterocycles. The quantitative estimate of drug-likeness (QED) is 0.513. The van der Waals surface area contributed by atoms with Gasteiger partial charge in [0.25, 0.3) is 5.91 Å². The zero-order chi connectivity index (χ0) is 7.44. The first-order chi connectivity index (χ1) is 4.09. The summed E-state index contributed by atoms with van der Waals surface area (Å²) in [5.74, 6) is -0.129. The van der Waals surface area contributed by atoms with E-state index in [-0.39, 0.29) is 5.91 Å². The highest BCUT2D eigenvalue weighted by atomic mass is 127. The molecule has 0 heterocycles. The summed E-state index contributed by atoms with van der Waals surface area (Å²) in [6.07, 6.45) is 0. The summed E-state index contributed by atoms with van der Waals surface area (Å²) >= 11 is 1.90. The van der Waals surface area contributed by atoms with E-state index in [2.05, 4.69) is 5.32 Å². The number of amides is 1. The molecule has 0 aliphatic rings. The van der Waals surface area contributed by atoms with Crippen LogP contribution in [-0.2, 0) is 4.79 Å². The second kappa shape index (κ2) is 3.71. The number of allylic oxidation sites excluding steroid dienone is 1. The van der Waals surface area contributed by atoms with E-state index in [0.717, 1.165) is 0 Å². The Morgan fingerprint density at radius 1 is 1.67 bits per heavy atom. The lowest BCUT2D eigenvalue weighted by Gasteiger charge is -1.97. The number of rotatable bonds is 1. The number of likely N-dealkylation sites (N-methyl/N-ethyl adjacent to an activating group) is 1. The predicted molar refractivity (Wildman–Crippen MR) is 45.0 cm³/mol. The van der Waals surface area contributed by atoms with Crippen molar-refractivity contribution < 1.29 is 4.79 Å². The van der Waals surface area contributed by atoms with Crippen LogP contribution in [0.25, 0.3) is 0 Å². The van der Waals surface area contributed by atoms with Gasteiger partial charge in [0, 0.05) is 12.7 Å². The Morgan fingerprint density at radius 2 is 2.11 bits per heavy atom. The number of hydrogen-bond acceptors (Lipinski definition) is 2. The highest BCUT2D eigenvalue weighted by Crippen LogP contribution is 2.07. The van der Waals surface area contributed by atoms with Crippen molar-refractivity contribution in [3.05, 3.63) is 9.28 Å². The van der Waals surface area contributed by atoms with Gasteiger partial charge >= 0.3 is 0 Å². The molecule has 1 amide bonds. The van der Waals surface area contributed by atoms with Gasteiger partial charge in [-0.15, -0.1) is 0 Å². The molecule has 0 radical (unpaired) electrons. The standard InChI is InChI=1S/C5H9IN2O/c1-3(7)4(6)5(9)8-2/h7H2,1-2H3,(H,8,9)/b4-3+. The number of nitrogens with one attached hydrogen (secondary N) is 1. The van der Waals surface area contributed by atoms with Crippen LogP contribution in [0.1, 0.15) is 6.92 Å². The van der Waals surface area contributed by atoms with E-state index in [1.807, 2.05) is 22.6 Å². The van der Waals surface area contributed by atoms with Crippen molar-refractivity contribution in [3.63, 3.8) is 0 Å². The number of halogens is 1. The molecule has 52 valence electrons. The first kappa shape index (κ1) is 8.74. The van der Waals surface area contributed by atoms with Crippen molar-refractivity contribution in [2.24, 2.45) is 5.73 Å². The van der Waals surface area contributed by atoms with Crippen LogP contribution in [0.15, 0.2) is 9.28 Å². The Hall–Kier alpha value is -0.260. The second-order valence-electron chi connectivity index (χ2n) is 1.58. The minimum atomic E-state index is -0.129. The molecule has 0 unspecified atom stereocenters. The van der Waals surface area contributed by atoms with Crippen molar-refractivity contribution in [1.29, 1.82) is 0 Å². The SMILES string of the molecule is CNC(=O)/C(I)=C(/C)N. The molecule has 0 bridgehead atoms. The van der Waals surface area contributed by atoms with Gasteiger partial charge in [-0.25, -0.2) is 0 Å². The molecule has 0 aromatic heterocycles. The number of nitrogens with two attached hydrogens (primary N) is 1. The third kappa shape index (κ3) is 2.69. The van der Waals surface area contributed by atoms with E-state index in [1.165, 1.54) is 0 Å². The predicted octanol–water partition coefficient (Wildman–Crippen LogP) is 0.358. The molecule has 3 N–H and O–H groups in total. The van der Waals surface area contributed by atoms with Gasteiger partial charge in [0.05, 0.1) is 3.58 Å². The van der Waals surface area contributed by atoms with Crippen molar-refractivity contribution in [2.45, 2.75) is 6.92 Å². The molecule has 4 heteroatoms. The first-order valence-corrected chi connectivity index (χ1v) is 3.51. The Kier molecular flexibility index (Phi) is 3.60. The monoisotopic (exact) mass is 240 g/mol. The molecular weight excluding hydrogens is 231 g/mol. The van der Waals surface area contributed by atoms with Crippen LogP contribution in [0.3, 0.4) is 0 Å². The zero-order valence-electron chi connectivity index (χ0n) is 5.36. The molecule has 0 aromatic carbocycles. The van der Waals surface area contributed by atoms with E-state index in [9.17, 15) is 4.79 Å². The van der Waals surface area contributed by atoms with Gasteiger partial charge in [-0.1, -0.05) is 0 Å². The highest BCUT2D eigenvalue weighted by molar-refractivity contribution is 14.1. The molecule has 0 aliphatic carbocycles. The zero-order valence-corrected chi connectivity index (χ0v) is 7.52. The lowest BCUT2D eigenvalue weighted by molar-refractivity contribution is -0.116. The fourth-order valence-electron chi connectivity index (χ4n) is 0.289. The molecular formula is C5H9IN2O. The van der Waals surface area contributed by atoms with E-state index >= 15 is 0 Å². The van der Waals surface area contributed by atoms with Crippen LogP contribution in [-0.4, -0.2) is 13.0 Å². The Balaban J connectivity index is 4.21. The molecule has 0 saturated heterocycles. The number of carbonyl (C=O) groups excluding carboxylic acids is 1. The van der Waals surface area contributed by atoms with Crippen LogP contribution in [0.5, 0.6) is 0 Å². The third-order valence-electron chi connectivity index (χ3n) is 0.773. The fourth-order valence-corrected chi connectivity index (χ4v) is 0.559. The number of carbonyl (C=O) groups is 1. The minimum absolute atomic E-state index is 0.129. The van der Waals surface area contributed by atoms with Gasteiger partial charge in [0.2, 0.25) is 0 Å². The van der Waals surface area contributed by atoms with Crippen LogP contribution in [0.2, 0.25) is 0 Å². The molecule has 0 saturated carbocycles. The summed E-state index contributed by atoms with van der Waals surface area (Å²) in [5, 5.41) is 2.46. The normalized spacial score (nSPS) is 12.3. The van der Waals surface area contributed by atoms with Crippen LogP contribution >= 0.6 is 22.6 Å². The van der Waals surface area contributed by atoms with Gasteiger partial charge in [-0.2, -0.15) is 0 Å². The summed E-state index contributed by atoms with van der Waals surface area (Å²) in [6.45, 7) is 1.69. The lowest BCUT2D eigenvalue weighted by atomic mass is 10.4. The summed E-state index contributed by atoms with van der Waals surface area (Å²) < 4.78 is 0.551. The molecule has 0 fully saturated rings. The fraction of sp³-hybridized carbons (Fsp3) is 0.400. The van der Waals surface area contributed by atoms with Gasteiger partial charge in [0.15, 0.2) is 0 Å². The maximum absolute atomic E-state index is 10.7. The van der Waals surface area contributed by atoms with Crippen LogP contribution in [0, 0.1) is 0 Å². The molecule has 0 atom stereocenters. The maximum atomic E-state index is 10.7. The minimum Gasteiger partial charge on any atom is -0.401 e. The number of hydrogen-bond donors (Lipinski definition) is 2. The second-order valence-corrected chi connectivity index (χ2v) is 2.65. The smallest absolute Gasteiger partial charge is 0.258 e.